The summed E-state index contributed by atoms with van der Waals surface area (Å²) in [6.45, 7) is 7.50. The monoisotopic (exact) mass is 452 g/mol. The average Bonchev–Trinajstić information content (AvgIpc) is 3.47. The molecule has 2 heterocycles. The fourth-order valence-electron chi connectivity index (χ4n) is 3.60. The number of carbonyl (C=O) groups is 1. The minimum absolute atomic E-state index is 0. The Hall–Kier alpha value is -0.760. The van der Waals surface area contributed by atoms with Crippen molar-refractivity contribution in [2.45, 2.75) is 18.9 Å². The molecular weight excluding hydrogens is 423 g/mol. The number of hydrogen-bond acceptors (Lipinski definition) is 5. The van der Waals surface area contributed by atoms with E-state index in [1.54, 1.807) is 0 Å². The van der Waals surface area contributed by atoms with Crippen LogP contribution in [-0.2, 0) is 9.53 Å². The normalized spacial score (nSPS) is 22.3. The Bertz CT molecular complexity index is 605. The van der Waals surface area contributed by atoms with Gasteiger partial charge in [0, 0.05) is 50.6 Å². The lowest BCUT2D eigenvalue weighted by molar-refractivity contribution is -0.120. The molecule has 1 unspecified atom stereocenters. The number of benzene rings is 1. The van der Waals surface area contributed by atoms with Crippen molar-refractivity contribution in [1.82, 2.24) is 10.2 Å². The maximum Gasteiger partial charge on any atom is 0.243 e. The van der Waals surface area contributed by atoms with Gasteiger partial charge in [-0.1, -0.05) is 6.07 Å². The van der Waals surface area contributed by atoms with Crippen LogP contribution in [0.3, 0.4) is 0 Å². The molecule has 1 atom stereocenters. The first-order chi connectivity index (χ1) is 12.3. The summed E-state index contributed by atoms with van der Waals surface area (Å²) in [4.78, 5) is 17.3. The van der Waals surface area contributed by atoms with Gasteiger partial charge in [0.1, 0.15) is 6.04 Å². The van der Waals surface area contributed by atoms with E-state index in [0.717, 1.165) is 44.3 Å². The van der Waals surface area contributed by atoms with Crippen LogP contribution in [-0.4, -0.2) is 69.3 Å². The van der Waals surface area contributed by atoms with Crippen LogP contribution in [0, 0.1) is 5.92 Å². The number of ether oxygens (including phenoxy) is 1. The van der Waals surface area contributed by atoms with E-state index in [2.05, 4.69) is 32.6 Å². The van der Waals surface area contributed by atoms with Crippen molar-refractivity contribution in [3.05, 3.63) is 24.3 Å². The van der Waals surface area contributed by atoms with Gasteiger partial charge in [0.05, 0.1) is 13.2 Å². The smallest absolute Gasteiger partial charge is 0.243 e. The Morgan fingerprint density at radius 3 is 2.54 bits per heavy atom. The molecule has 1 saturated carbocycles. The third kappa shape index (κ3) is 6.94. The molecule has 0 spiro atoms. The molecule has 0 radical (unpaired) electrons. The zero-order valence-corrected chi connectivity index (χ0v) is 18.4. The molecule has 2 N–H and O–H groups in total. The van der Waals surface area contributed by atoms with E-state index >= 15 is 0 Å². The fourth-order valence-corrected chi connectivity index (χ4v) is 3.60. The standard InChI is InChI=1S/C19H28N4O2.3ClH/c24-19(18-14-25-11-6-20-18)21-16-2-1-3-17(12-16)23-9-7-22(8-10-23)13-15-4-5-15;;;/h1-3,12,15,18,20H,4-11,13-14H2,(H,21,24);3*1H. The van der Waals surface area contributed by atoms with Gasteiger partial charge < -0.3 is 20.3 Å². The number of morpholine rings is 1. The zero-order valence-electron chi connectivity index (χ0n) is 16.0. The summed E-state index contributed by atoms with van der Waals surface area (Å²) in [5.74, 6) is 0.938. The summed E-state index contributed by atoms with van der Waals surface area (Å²) in [5, 5.41) is 6.21. The van der Waals surface area contributed by atoms with E-state index < -0.39 is 0 Å². The number of carbonyl (C=O) groups excluding carboxylic acids is 1. The molecule has 2 saturated heterocycles. The van der Waals surface area contributed by atoms with E-state index in [1.165, 1.54) is 25.1 Å². The van der Waals surface area contributed by atoms with Crippen molar-refractivity contribution in [3.63, 3.8) is 0 Å². The molecule has 2 aliphatic heterocycles. The molecule has 28 heavy (non-hydrogen) atoms. The first-order valence-electron chi connectivity index (χ1n) is 9.47. The van der Waals surface area contributed by atoms with Crippen molar-refractivity contribution in [1.29, 1.82) is 0 Å². The van der Waals surface area contributed by atoms with Crippen LogP contribution >= 0.6 is 37.2 Å². The van der Waals surface area contributed by atoms with Gasteiger partial charge in [0.15, 0.2) is 0 Å². The highest BCUT2D eigenvalue weighted by atomic mass is 35.5. The lowest BCUT2D eigenvalue weighted by Crippen LogP contribution is -2.49. The first-order valence-corrected chi connectivity index (χ1v) is 9.47. The second-order valence-electron chi connectivity index (χ2n) is 7.35. The predicted molar refractivity (Wildman–Crippen MR) is 121 cm³/mol. The van der Waals surface area contributed by atoms with Crippen LogP contribution in [0.5, 0.6) is 0 Å². The molecule has 4 rings (SSSR count). The Morgan fingerprint density at radius 2 is 1.89 bits per heavy atom. The molecule has 6 nitrogen and oxygen atoms in total. The highest BCUT2D eigenvalue weighted by molar-refractivity contribution is 5.95. The van der Waals surface area contributed by atoms with E-state index in [4.69, 9.17) is 4.74 Å². The molecule has 9 heteroatoms. The maximum atomic E-state index is 12.3. The van der Waals surface area contributed by atoms with Crippen molar-refractivity contribution in [2.24, 2.45) is 5.92 Å². The highest BCUT2D eigenvalue weighted by Crippen LogP contribution is 2.30. The van der Waals surface area contributed by atoms with Crippen molar-refractivity contribution < 1.29 is 9.53 Å². The number of amides is 1. The molecule has 160 valence electrons. The maximum absolute atomic E-state index is 12.3. The number of rotatable bonds is 5. The van der Waals surface area contributed by atoms with E-state index in [0.29, 0.717) is 13.2 Å². The lowest BCUT2D eigenvalue weighted by atomic mass is 10.2. The summed E-state index contributed by atoms with van der Waals surface area (Å²) in [6.07, 6.45) is 2.84. The summed E-state index contributed by atoms with van der Waals surface area (Å²) in [7, 11) is 0. The molecule has 1 aliphatic carbocycles. The van der Waals surface area contributed by atoms with Crippen LogP contribution in [0.15, 0.2) is 24.3 Å². The summed E-state index contributed by atoms with van der Waals surface area (Å²) >= 11 is 0. The largest absolute Gasteiger partial charge is 0.378 e. The van der Waals surface area contributed by atoms with Crippen LogP contribution in [0.4, 0.5) is 11.4 Å². The molecule has 0 aromatic heterocycles. The lowest BCUT2D eigenvalue weighted by Gasteiger charge is -2.36. The Morgan fingerprint density at radius 1 is 1.14 bits per heavy atom. The third-order valence-electron chi connectivity index (χ3n) is 5.30. The number of hydrogen-bond donors (Lipinski definition) is 2. The van der Waals surface area contributed by atoms with Gasteiger partial charge in [-0.05, 0) is 37.0 Å². The number of anilines is 2. The molecule has 1 aromatic carbocycles. The minimum atomic E-state index is -0.261. The Labute approximate surface area is 186 Å². The molecule has 1 amide bonds. The molecule has 3 fully saturated rings. The summed E-state index contributed by atoms with van der Waals surface area (Å²) < 4.78 is 5.37. The van der Waals surface area contributed by atoms with Crippen LogP contribution in [0.25, 0.3) is 0 Å². The Kier molecular flexibility index (Phi) is 10.9. The van der Waals surface area contributed by atoms with E-state index in [-0.39, 0.29) is 49.2 Å². The molecule has 1 aromatic rings. The van der Waals surface area contributed by atoms with Crippen LogP contribution < -0.4 is 15.5 Å². The van der Waals surface area contributed by atoms with Gasteiger partial charge in [-0.3, -0.25) is 9.69 Å². The van der Waals surface area contributed by atoms with Crippen molar-refractivity contribution in [3.8, 4) is 0 Å². The SMILES string of the molecule is Cl.Cl.Cl.O=C(Nc1cccc(N2CCN(CC3CC3)CC2)c1)C1COCCN1. The number of halogens is 3. The average molecular weight is 454 g/mol. The molecule has 3 aliphatic rings. The number of nitrogens with one attached hydrogen (secondary N) is 2. The number of nitrogens with zero attached hydrogens (tertiary/aromatic N) is 2. The van der Waals surface area contributed by atoms with Gasteiger partial charge in [-0.25, -0.2) is 0 Å². The summed E-state index contributed by atoms with van der Waals surface area (Å²) in [6, 6.07) is 7.93. The third-order valence-corrected chi connectivity index (χ3v) is 5.30. The topological polar surface area (TPSA) is 56.8 Å². The van der Waals surface area contributed by atoms with Crippen LogP contribution in [0.1, 0.15) is 12.8 Å². The van der Waals surface area contributed by atoms with Crippen molar-refractivity contribution in [2.75, 3.05) is 62.7 Å². The van der Waals surface area contributed by atoms with E-state index in [9.17, 15) is 4.79 Å². The molecule has 0 bridgehead atoms. The fraction of sp³-hybridized carbons (Fsp3) is 0.632. The second-order valence-corrected chi connectivity index (χ2v) is 7.35. The minimum Gasteiger partial charge on any atom is -0.378 e. The van der Waals surface area contributed by atoms with Gasteiger partial charge in [-0.15, -0.1) is 37.2 Å². The van der Waals surface area contributed by atoms with E-state index in [1.807, 2.05) is 12.1 Å². The summed E-state index contributed by atoms with van der Waals surface area (Å²) in [5.41, 5.74) is 2.05. The van der Waals surface area contributed by atoms with Gasteiger partial charge in [0.2, 0.25) is 5.91 Å². The van der Waals surface area contributed by atoms with Gasteiger partial charge >= 0.3 is 0 Å². The van der Waals surface area contributed by atoms with Crippen molar-refractivity contribution >= 4 is 54.5 Å². The molecular formula is C19H31Cl3N4O2. The van der Waals surface area contributed by atoms with Gasteiger partial charge in [0.25, 0.3) is 0 Å². The zero-order chi connectivity index (χ0) is 17.1. The predicted octanol–water partition coefficient (Wildman–Crippen LogP) is 2.41. The highest BCUT2D eigenvalue weighted by Gasteiger charge is 2.26. The first kappa shape index (κ1) is 25.3. The Balaban J connectivity index is 0.00000131. The quantitative estimate of drug-likeness (QED) is 0.717. The second kappa shape index (κ2) is 12.1. The van der Waals surface area contributed by atoms with Gasteiger partial charge in [-0.2, -0.15) is 0 Å². The number of piperazine rings is 1. The van der Waals surface area contributed by atoms with Crippen LogP contribution in [0.2, 0.25) is 0 Å².